The molecule has 3 aliphatic rings. The van der Waals surface area contributed by atoms with Gasteiger partial charge >= 0.3 is 12.3 Å². The summed E-state index contributed by atoms with van der Waals surface area (Å²) in [5.41, 5.74) is 1.63. The Morgan fingerprint density at radius 1 is 0.929 bits per heavy atom. The highest BCUT2D eigenvalue weighted by molar-refractivity contribution is 6.40. The fourth-order valence-electron chi connectivity index (χ4n) is 5.72. The molecule has 7 nitrogen and oxygen atoms in total. The van der Waals surface area contributed by atoms with Gasteiger partial charge in [-0.25, -0.2) is 14.2 Å². The number of piperazine rings is 1. The number of hydrogen-bond acceptors (Lipinski definition) is 5. The first-order valence-electron chi connectivity index (χ1n) is 14.3. The summed E-state index contributed by atoms with van der Waals surface area (Å²) in [6.07, 6.45) is -3.04. The second-order valence-electron chi connectivity index (χ2n) is 12.3. The van der Waals surface area contributed by atoms with Gasteiger partial charge in [-0.05, 0) is 74.4 Å². The number of rotatable bonds is 4. The van der Waals surface area contributed by atoms with E-state index < -0.39 is 23.2 Å². The van der Waals surface area contributed by atoms with Crippen LogP contribution in [0.3, 0.4) is 0 Å². The molecule has 11 heteroatoms. The van der Waals surface area contributed by atoms with Crippen LogP contribution < -0.4 is 0 Å². The number of hydrogen-bond donors (Lipinski definition) is 0. The van der Waals surface area contributed by atoms with E-state index in [-0.39, 0.29) is 30.0 Å². The van der Waals surface area contributed by atoms with Crippen LogP contribution in [0.2, 0.25) is 0 Å². The molecule has 0 bridgehead atoms. The fraction of sp³-hybridized carbons (Fsp3) is 0.516. The number of ether oxygens (including phenoxy) is 1. The van der Waals surface area contributed by atoms with Crippen molar-refractivity contribution < 1.29 is 31.9 Å². The van der Waals surface area contributed by atoms with Gasteiger partial charge in [0.15, 0.2) is 0 Å². The fourth-order valence-corrected chi connectivity index (χ4v) is 5.72. The van der Waals surface area contributed by atoms with Crippen molar-refractivity contribution in [2.45, 2.75) is 64.3 Å². The molecule has 0 atom stereocenters. The lowest BCUT2D eigenvalue weighted by atomic mass is 9.88. The van der Waals surface area contributed by atoms with Gasteiger partial charge in [-0.15, -0.1) is 0 Å². The molecule has 42 heavy (non-hydrogen) atoms. The molecule has 5 rings (SSSR count). The zero-order valence-corrected chi connectivity index (χ0v) is 24.1. The Bertz CT molecular complexity index is 1350. The summed E-state index contributed by atoms with van der Waals surface area (Å²) in [6, 6.07) is 8.59. The third kappa shape index (κ3) is 6.94. The molecule has 3 heterocycles. The molecule has 3 aliphatic heterocycles. The van der Waals surface area contributed by atoms with Crippen molar-refractivity contribution in [2.75, 3.05) is 39.3 Å². The molecule has 0 radical (unpaired) electrons. The van der Waals surface area contributed by atoms with Crippen molar-refractivity contribution in [3.05, 3.63) is 64.5 Å². The maximum Gasteiger partial charge on any atom is 0.416 e. The zero-order valence-electron chi connectivity index (χ0n) is 24.1. The van der Waals surface area contributed by atoms with Gasteiger partial charge in [-0.1, -0.05) is 18.2 Å². The number of aliphatic imine (C=N–C) groups is 1. The van der Waals surface area contributed by atoms with Crippen LogP contribution in [0.5, 0.6) is 0 Å². The van der Waals surface area contributed by atoms with E-state index in [0.29, 0.717) is 69.9 Å². The highest BCUT2D eigenvalue weighted by Crippen LogP contribution is 2.37. The van der Waals surface area contributed by atoms with E-state index in [2.05, 4.69) is 9.89 Å². The van der Waals surface area contributed by atoms with Crippen LogP contribution in [0, 0.1) is 5.82 Å². The van der Waals surface area contributed by atoms with E-state index in [1.54, 1.807) is 9.80 Å². The summed E-state index contributed by atoms with van der Waals surface area (Å²) in [4.78, 5) is 35.5. The molecule has 0 saturated carbocycles. The molecule has 0 unspecified atom stereocenters. The lowest BCUT2D eigenvalue weighted by molar-refractivity contribution is -0.137. The second kappa shape index (κ2) is 11.7. The van der Waals surface area contributed by atoms with Crippen LogP contribution in [-0.2, 0) is 28.7 Å². The van der Waals surface area contributed by atoms with Gasteiger partial charge in [-0.2, -0.15) is 13.2 Å². The molecule has 0 spiro atoms. The molecule has 0 N–H and O–H groups in total. The van der Waals surface area contributed by atoms with Gasteiger partial charge in [-0.3, -0.25) is 9.69 Å². The first-order chi connectivity index (χ1) is 19.8. The molecular weight excluding hydrogens is 552 g/mol. The summed E-state index contributed by atoms with van der Waals surface area (Å²) in [5.74, 6) is -0.561. The van der Waals surface area contributed by atoms with Crippen molar-refractivity contribution in [3.8, 4) is 0 Å². The van der Waals surface area contributed by atoms with Gasteiger partial charge in [0.25, 0.3) is 5.91 Å². The number of alkyl halides is 3. The minimum atomic E-state index is -4.36. The molecule has 0 aromatic heterocycles. The predicted molar refractivity (Wildman–Crippen MR) is 150 cm³/mol. The van der Waals surface area contributed by atoms with Crippen molar-refractivity contribution >= 4 is 23.4 Å². The summed E-state index contributed by atoms with van der Waals surface area (Å²) >= 11 is 0. The number of amides is 2. The van der Waals surface area contributed by atoms with Gasteiger partial charge in [0.05, 0.1) is 5.56 Å². The second-order valence-corrected chi connectivity index (χ2v) is 12.3. The molecule has 2 aromatic rings. The van der Waals surface area contributed by atoms with Crippen LogP contribution in [0.25, 0.3) is 0 Å². The number of likely N-dealkylation sites (tertiary alicyclic amines) is 1. The molecular formula is C31H36F4N4O3. The first-order valence-corrected chi connectivity index (χ1v) is 14.3. The van der Waals surface area contributed by atoms with Crippen LogP contribution in [-0.4, -0.2) is 77.3 Å². The monoisotopic (exact) mass is 588 g/mol. The molecule has 2 fully saturated rings. The van der Waals surface area contributed by atoms with Crippen molar-refractivity contribution in [3.63, 3.8) is 0 Å². The number of fused-ring (bicyclic) bond motifs is 1. The standard InChI is InChI=1S/C31H36F4N4O3/c1-30(2,3)42-29(41)39-10-8-21(9-11-39)22-16-23-18-26(36-27(23)25(32)17-22)28(40)38-14-12-37(13-15-38)19-20-4-6-24(7-5-20)31(33,34)35/h4-7,16-17,21H,8-15,18-19H2,1-3H3. The lowest BCUT2D eigenvalue weighted by Crippen LogP contribution is -2.50. The Balaban J connectivity index is 1.13. The van der Waals surface area contributed by atoms with E-state index in [1.165, 1.54) is 18.2 Å². The topological polar surface area (TPSA) is 65.5 Å². The van der Waals surface area contributed by atoms with Crippen LogP contribution in [0.4, 0.5) is 28.0 Å². The SMILES string of the molecule is CC(C)(C)OC(=O)N1CCC(c2cc(F)c3c(c2)CC(C(=O)N2CCN(Cc4ccc(C(F)(F)F)cc4)CC2)=N3)CC1. The Hall–Kier alpha value is -3.47. The van der Waals surface area contributed by atoms with E-state index in [1.807, 2.05) is 26.8 Å². The molecule has 2 aromatic carbocycles. The van der Waals surface area contributed by atoms with Crippen molar-refractivity contribution in [2.24, 2.45) is 4.99 Å². The van der Waals surface area contributed by atoms with Crippen LogP contribution in [0.15, 0.2) is 41.4 Å². The maximum absolute atomic E-state index is 15.1. The minimum Gasteiger partial charge on any atom is -0.444 e. The highest BCUT2D eigenvalue weighted by Gasteiger charge is 2.33. The maximum atomic E-state index is 15.1. The van der Waals surface area contributed by atoms with Gasteiger partial charge in [0.1, 0.15) is 22.8 Å². The summed E-state index contributed by atoms with van der Waals surface area (Å²) in [6.45, 7) is 9.12. The van der Waals surface area contributed by atoms with Gasteiger partial charge < -0.3 is 14.5 Å². The summed E-state index contributed by atoms with van der Waals surface area (Å²) in [7, 11) is 0. The smallest absolute Gasteiger partial charge is 0.416 e. The van der Waals surface area contributed by atoms with E-state index in [0.717, 1.165) is 23.3 Å². The first kappa shape index (κ1) is 30.0. The Labute approximate surface area is 243 Å². The molecule has 2 amide bonds. The molecule has 2 saturated heterocycles. The van der Waals surface area contributed by atoms with Gasteiger partial charge in [0, 0.05) is 52.2 Å². The van der Waals surface area contributed by atoms with E-state index >= 15 is 4.39 Å². The number of halogens is 4. The quantitative estimate of drug-likeness (QED) is 0.416. The van der Waals surface area contributed by atoms with Crippen molar-refractivity contribution in [1.29, 1.82) is 0 Å². The largest absolute Gasteiger partial charge is 0.444 e. The number of piperidine rings is 1. The number of nitrogens with zero attached hydrogens (tertiary/aromatic N) is 4. The average molecular weight is 589 g/mol. The lowest BCUT2D eigenvalue weighted by Gasteiger charge is -2.34. The minimum absolute atomic E-state index is 0.0981. The Kier molecular flexibility index (Phi) is 8.33. The highest BCUT2D eigenvalue weighted by atomic mass is 19.4. The summed E-state index contributed by atoms with van der Waals surface area (Å²) in [5, 5.41) is 0. The summed E-state index contributed by atoms with van der Waals surface area (Å²) < 4.78 is 59.1. The average Bonchev–Trinajstić information content (AvgIpc) is 3.37. The Morgan fingerprint density at radius 2 is 1.57 bits per heavy atom. The van der Waals surface area contributed by atoms with Crippen LogP contribution >= 0.6 is 0 Å². The van der Waals surface area contributed by atoms with Gasteiger partial charge in [0.2, 0.25) is 0 Å². The third-order valence-electron chi connectivity index (χ3n) is 7.98. The molecule has 0 aliphatic carbocycles. The van der Waals surface area contributed by atoms with Crippen LogP contribution in [0.1, 0.15) is 61.8 Å². The number of carbonyl (C=O) groups is 2. The van der Waals surface area contributed by atoms with E-state index in [4.69, 9.17) is 4.74 Å². The number of benzene rings is 2. The van der Waals surface area contributed by atoms with E-state index in [9.17, 15) is 22.8 Å². The molecule has 226 valence electrons. The Morgan fingerprint density at radius 3 is 2.17 bits per heavy atom. The third-order valence-corrected chi connectivity index (χ3v) is 7.98. The number of carbonyl (C=O) groups excluding carboxylic acids is 2. The normalized spacial score (nSPS) is 18.6. The van der Waals surface area contributed by atoms with Crippen molar-refractivity contribution in [1.82, 2.24) is 14.7 Å². The predicted octanol–water partition coefficient (Wildman–Crippen LogP) is 5.93. The zero-order chi connectivity index (χ0) is 30.2.